The molecule has 1 saturated carbocycles. The van der Waals surface area contributed by atoms with Crippen molar-refractivity contribution >= 4 is 13.3 Å². The van der Waals surface area contributed by atoms with Crippen LogP contribution in [0.1, 0.15) is 18.9 Å². The standard InChI is InChI=1S/C14H23NSi/c1-11-9-14(11)15-10-12-5-7-13(8-6-12)16(2,3)4/h5-8,11,14-15H,9-10H2,1-4H3. The Morgan fingerprint density at radius 1 is 1.19 bits per heavy atom. The van der Waals surface area contributed by atoms with Crippen LogP contribution in [0, 0.1) is 5.92 Å². The zero-order valence-electron chi connectivity index (χ0n) is 10.9. The molecule has 88 valence electrons. The average Bonchev–Trinajstić information content (AvgIpc) is 2.91. The number of hydrogen-bond acceptors (Lipinski definition) is 1. The summed E-state index contributed by atoms with van der Waals surface area (Å²) >= 11 is 0. The van der Waals surface area contributed by atoms with Gasteiger partial charge in [0.05, 0.1) is 8.07 Å². The molecule has 2 atom stereocenters. The lowest BCUT2D eigenvalue weighted by molar-refractivity contribution is 0.653. The molecule has 0 bridgehead atoms. The van der Waals surface area contributed by atoms with Gasteiger partial charge < -0.3 is 5.32 Å². The summed E-state index contributed by atoms with van der Waals surface area (Å²) < 4.78 is 0. The maximum Gasteiger partial charge on any atom is 0.0775 e. The zero-order chi connectivity index (χ0) is 11.8. The molecule has 1 aliphatic carbocycles. The third kappa shape index (κ3) is 2.95. The van der Waals surface area contributed by atoms with Crippen LogP contribution in [0.15, 0.2) is 24.3 Å². The van der Waals surface area contributed by atoms with E-state index in [-0.39, 0.29) is 0 Å². The van der Waals surface area contributed by atoms with Crippen molar-refractivity contribution in [2.75, 3.05) is 0 Å². The van der Waals surface area contributed by atoms with Crippen molar-refractivity contribution in [3.05, 3.63) is 29.8 Å². The van der Waals surface area contributed by atoms with Crippen molar-refractivity contribution in [2.24, 2.45) is 5.92 Å². The van der Waals surface area contributed by atoms with Crippen molar-refractivity contribution in [1.29, 1.82) is 0 Å². The molecule has 0 amide bonds. The molecule has 0 radical (unpaired) electrons. The molecule has 0 aliphatic heterocycles. The summed E-state index contributed by atoms with van der Waals surface area (Å²) in [5.41, 5.74) is 1.42. The first-order valence-electron chi connectivity index (χ1n) is 6.29. The minimum Gasteiger partial charge on any atom is -0.310 e. The van der Waals surface area contributed by atoms with Crippen LogP contribution in [0.4, 0.5) is 0 Å². The van der Waals surface area contributed by atoms with Crippen LogP contribution in [0.25, 0.3) is 0 Å². The first-order chi connectivity index (χ1) is 7.47. The van der Waals surface area contributed by atoms with Gasteiger partial charge in [0.1, 0.15) is 0 Å². The van der Waals surface area contributed by atoms with E-state index in [9.17, 15) is 0 Å². The van der Waals surface area contributed by atoms with Crippen LogP contribution in [-0.4, -0.2) is 14.1 Å². The van der Waals surface area contributed by atoms with E-state index in [0.717, 1.165) is 18.5 Å². The summed E-state index contributed by atoms with van der Waals surface area (Å²) in [6.45, 7) is 10.5. The fraction of sp³-hybridized carbons (Fsp3) is 0.571. The highest BCUT2D eigenvalue weighted by Gasteiger charge is 2.31. The van der Waals surface area contributed by atoms with E-state index in [2.05, 4.69) is 56.1 Å². The number of nitrogens with one attached hydrogen (secondary N) is 1. The van der Waals surface area contributed by atoms with Crippen molar-refractivity contribution in [1.82, 2.24) is 5.32 Å². The van der Waals surface area contributed by atoms with E-state index in [1.165, 1.54) is 12.0 Å². The summed E-state index contributed by atoms with van der Waals surface area (Å²) in [7, 11) is -1.12. The summed E-state index contributed by atoms with van der Waals surface area (Å²) in [6.07, 6.45) is 1.35. The fourth-order valence-corrected chi connectivity index (χ4v) is 3.14. The van der Waals surface area contributed by atoms with Crippen LogP contribution in [-0.2, 0) is 6.54 Å². The molecule has 0 aromatic heterocycles. The highest BCUT2D eigenvalue weighted by atomic mass is 28.3. The monoisotopic (exact) mass is 233 g/mol. The number of hydrogen-bond donors (Lipinski definition) is 1. The van der Waals surface area contributed by atoms with E-state index in [0.29, 0.717) is 0 Å². The Hall–Kier alpha value is -0.603. The molecule has 0 saturated heterocycles. The Kier molecular flexibility index (Phi) is 3.22. The van der Waals surface area contributed by atoms with E-state index in [4.69, 9.17) is 0 Å². The van der Waals surface area contributed by atoms with Gasteiger partial charge in [-0.1, -0.05) is 56.0 Å². The van der Waals surface area contributed by atoms with Gasteiger partial charge in [-0.2, -0.15) is 0 Å². The third-order valence-corrected chi connectivity index (χ3v) is 5.56. The molecule has 2 unspecified atom stereocenters. The molecule has 16 heavy (non-hydrogen) atoms. The average molecular weight is 233 g/mol. The van der Waals surface area contributed by atoms with E-state index in [1.54, 1.807) is 5.19 Å². The summed E-state index contributed by atoms with van der Waals surface area (Å²) in [5, 5.41) is 5.14. The smallest absolute Gasteiger partial charge is 0.0775 e. The summed E-state index contributed by atoms with van der Waals surface area (Å²) in [5.74, 6) is 0.890. The van der Waals surface area contributed by atoms with E-state index >= 15 is 0 Å². The van der Waals surface area contributed by atoms with Gasteiger partial charge >= 0.3 is 0 Å². The lowest BCUT2D eigenvalue weighted by atomic mass is 10.2. The minimum atomic E-state index is -1.12. The molecular weight excluding hydrogens is 210 g/mol. The molecule has 1 fully saturated rings. The molecule has 2 heteroatoms. The second-order valence-corrected chi connectivity index (χ2v) is 11.2. The third-order valence-electron chi connectivity index (χ3n) is 3.50. The van der Waals surface area contributed by atoms with Gasteiger partial charge in [0.15, 0.2) is 0 Å². The molecule has 2 rings (SSSR count). The fourth-order valence-electron chi connectivity index (χ4n) is 1.98. The van der Waals surface area contributed by atoms with Crippen molar-refractivity contribution in [3.63, 3.8) is 0 Å². The molecule has 1 nitrogen and oxygen atoms in total. The second-order valence-electron chi connectivity index (χ2n) is 6.15. The molecule has 1 aromatic carbocycles. The molecule has 0 spiro atoms. The topological polar surface area (TPSA) is 12.0 Å². The van der Waals surface area contributed by atoms with E-state index in [1.807, 2.05) is 0 Å². The van der Waals surface area contributed by atoms with Gasteiger partial charge in [-0.3, -0.25) is 0 Å². The predicted octanol–water partition coefficient (Wildman–Crippen LogP) is 2.73. The molecule has 1 N–H and O–H groups in total. The summed E-state index contributed by atoms with van der Waals surface area (Å²) in [4.78, 5) is 0. The quantitative estimate of drug-likeness (QED) is 0.789. The highest BCUT2D eigenvalue weighted by Crippen LogP contribution is 2.29. The van der Waals surface area contributed by atoms with Crippen LogP contribution in [0.2, 0.25) is 19.6 Å². The lowest BCUT2D eigenvalue weighted by Crippen LogP contribution is -2.37. The van der Waals surface area contributed by atoms with Crippen molar-refractivity contribution < 1.29 is 0 Å². The van der Waals surface area contributed by atoms with Gasteiger partial charge in [-0.05, 0) is 17.9 Å². The maximum absolute atomic E-state index is 3.59. The van der Waals surface area contributed by atoms with Crippen LogP contribution < -0.4 is 10.5 Å². The molecular formula is C14H23NSi. The maximum atomic E-state index is 3.59. The first kappa shape index (κ1) is 11.9. The van der Waals surface area contributed by atoms with Crippen LogP contribution in [0.5, 0.6) is 0 Å². The Balaban J connectivity index is 1.91. The van der Waals surface area contributed by atoms with Crippen LogP contribution in [0.3, 0.4) is 0 Å². The predicted molar refractivity (Wildman–Crippen MR) is 73.8 cm³/mol. The van der Waals surface area contributed by atoms with Crippen molar-refractivity contribution in [3.8, 4) is 0 Å². The van der Waals surface area contributed by atoms with Gasteiger partial charge in [0.25, 0.3) is 0 Å². The Morgan fingerprint density at radius 3 is 2.19 bits per heavy atom. The van der Waals surface area contributed by atoms with Gasteiger partial charge in [-0.15, -0.1) is 0 Å². The molecule has 1 aromatic rings. The van der Waals surface area contributed by atoms with Gasteiger partial charge in [-0.25, -0.2) is 0 Å². The Labute approximate surface area is 100 Å². The van der Waals surface area contributed by atoms with Gasteiger partial charge in [0.2, 0.25) is 0 Å². The number of rotatable bonds is 4. The minimum absolute atomic E-state index is 0.775. The Morgan fingerprint density at radius 2 is 1.75 bits per heavy atom. The Bertz CT molecular complexity index is 350. The largest absolute Gasteiger partial charge is 0.310 e. The summed E-state index contributed by atoms with van der Waals surface area (Å²) in [6, 6.07) is 9.98. The second kappa shape index (κ2) is 4.34. The lowest BCUT2D eigenvalue weighted by Gasteiger charge is -2.16. The normalized spacial score (nSPS) is 24.5. The molecule has 0 heterocycles. The van der Waals surface area contributed by atoms with Gasteiger partial charge in [0, 0.05) is 12.6 Å². The van der Waals surface area contributed by atoms with Crippen molar-refractivity contribution in [2.45, 2.75) is 45.6 Å². The molecule has 1 aliphatic rings. The zero-order valence-corrected chi connectivity index (χ0v) is 11.9. The SMILES string of the molecule is CC1CC1NCc1ccc([Si](C)(C)C)cc1. The first-order valence-corrected chi connectivity index (χ1v) is 9.79. The number of benzene rings is 1. The van der Waals surface area contributed by atoms with Crippen LogP contribution >= 0.6 is 0 Å². The van der Waals surface area contributed by atoms with E-state index < -0.39 is 8.07 Å². The highest BCUT2D eigenvalue weighted by molar-refractivity contribution is 6.88.